The Bertz CT molecular complexity index is 759. The molecule has 0 atom stereocenters. The molecule has 2 rings (SSSR count). The number of thioether (sulfide) groups is 1. The predicted molar refractivity (Wildman–Crippen MR) is 79.1 cm³/mol. The number of anilines is 1. The zero-order chi connectivity index (χ0) is 14.7. The van der Waals surface area contributed by atoms with E-state index < -0.39 is 0 Å². The van der Waals surface area contributed by atoms with Crippen molar-refractivity contribution >= 4 is 29.2 Å². The molecule has 1 heterocycles. The molecule has 0 aliphatic carbocycles. The Hall–Kier alpha value is -2.21. The van der Waals surface area contributed by atoms with E-state index in [2.05, 4.69) is 11.1 Å². The maximum absolute atomic E-state index is 9.42. The van der Waals surface area contributed by atoms with Crippen molar-refractivity contribution in [1.82, 2.24) is 0 Å². The largest absolute Gasteiger partial charge is 0.289 e. The van der Waals surface area contributed by atoms with Crippen LogP contribution in [-0.4, -0.2) is 6.26 Å². The van der Waals surface area contributed by atoms with Gasteiger partial charge in [0.1, 0.15) is 23.3 Å². The molecule has 0 amide bonds. The van der Waals surface area contributed by atoms with Crippen LogP contribution in [0.2, 0.25) is 5.02 Å². The van der Waals surface area contributed by atoms with Crippen molar-refractivity contribution in [3.63, 3.8) is 0 Å². The minimum absolute atomic E-state index is 0.228. The average molecular weight is 302 g/mol. The summed E-state index contributed by atoms with van der Waals surface area (Å²) in [6, 6.07) is 11.2. The molecule has 0 radical (unpaired) electrons. The van der Waals surface area contributed by atoms with Gasteiger partial charge in [0.15, 0.2) is 5.03 Å². The van der Waals surface area contributed by atoms with Crippen molar-refractivity contribution in [3.8, 4) is 23.3 Å². The molecule has 0 unspecified atom stereocenters. The number of nitrogens with zero attached hydrogens (tertiary/aromatic N) is 2. The fourth-order valence-corrected chi connectivity index (χ4v) is 2.72. The molecule has 6 heteroatoms. The van der Waals surface area contributed by atoms with Gasteiger partial charge in [-0.2, -0.15) is 10.5 Å². The van der Waals surface area contributed by atoms with Gasteiger partial charge in [0.2, 0.25) is 0 Å². The van der Waals surface area contributed by atoms with Gasteiger partial charge in [-0.3, -0.25) is 5.73 Å². The van der Waals surface area contributed by atoms with Crippen molar-refractivity contribution < 1.29 is 4.98 Å². The summed E-state index contributed by atoms with van der Waals surface area (Å²) in [6.45, 7) is 0. The summed E-state index contributed by atoms with van der Waals surface area (Å²) in [5, 5.41) is 19.8. The molecule has 0 aliphatic heterocycles. The minimum Gasteiger partial charge on any atom is -0.286 e. The summed E-state index contributed by atoms with van der Waals surface area (Å²) in [5.74, 6) is 0.228. The van der Waals surface area contributed by atoms with Crippen LogP contribution in [0.1, 0.15) is 11.1 Å². The number of aromatic amines is 1. The van der Waals surface area contributed by atoms with Gasteiger partial charge in [-0.15, -0.1) is 0 Å². The number of rotatable bonds is 2. The first-order chi connectivity index (χ1) is 9.63. The summed E-state index contributed by atoms with van der Waals surface area (Å²) in [4.78, 5) is 2.88. The number of nitrogen functional groups attached to an aromatic ring is 1. The van der Waals surface area contributed by atoms with Crippen molar-refractivity contribution in [2.45, 2.75) is 5.03 Å². The molecular formula is C14H10ClN4S+. The second-order valence-electron chi connectivity index (χ2n) is 3.90. The highest BCUT2D eigenvalue weighted by atomic mass is 35.5. The van der Waals surface area contributed by atoms with Gasteiger partial charge >= 0.3 is 0 Å². The first kappa shape index (κ1) is 14.2. The number of nitriles is 2. The van der Waals surface area contributed by atoms with Crippen molar-refractivity contribution in [2.24, 2.45) is 0 Å². The van der Waals surface area contributed by atoms with Gasteiger partial charge in [0.25, 0.3) is 5.82 Å². The third-order valence-corrected chi connectivity index (χ3v) is 3.86. The number of benzene rings is 1. The van der Waals surface area contributed by atoms with Gasteiger partial charge in [-0.1, -0.05) is 41.6 Å². The highest BCUT2D eigenvalue weighted by Gasteiger charge is 2.24. The Kier molecular flexibility index (Phi) is 4.14. The lowest BCUT2D eigenvalue weighted by molar-refractivity contribution is -0.410. The van der Waals surface area contributed by atoms with E-state index >= 15 is 0 Å². The second-order valence-corrected chi connectivity index (χ2v) is 5.12. The van der Waals surface area contributed by atoms with E-state index in [0.29, 0.717) is 26.7 Å². The topological polar surface area (TPSA) is 87.7 Å². The maximum Gasteiger partial charge on any atom is 0.289 e. The highest BCUT2D eigenvalue weighted by molar-refractivity contribution is 7.98. The Morgan fingerprint density at radius 1 is 1.20 bits per heavy atom. The van der Waals surface area contributed by atoms with E-state index in [0.717, 1.165) is 0 Å². The van der Waals surface area contributed by atoms with Crippen LogP contribution >= 0.6 is 23.4 Å². The summed E-state index contributed by atoms with van der Waals surface area (Å²) in [6.07, 6.45) is 1.83. The van der Waals surface area contributed by atoms with Gasteiger partial charge in [0.05, 0.1) is 0 Å². The van der Waals surface area contributed by atoms with Crippen LogP contribution in [0.3, 0.4) is 0 Å². The lowest BCUT2D eigenvalue weighted by Gasteiger charge is -2.10. The molecule has 0 fully saturated rings. The quantitative estimate of drug-likeness (QED) is 0.864. The summed E-state index contributed by atoms with van der Waals surface area (Å²) in [5.41, 5.74) is 7.57. The first-order valence-corrected chi connectivity index (χ1v) is 7.22. The van der Waals surface area contributed by atoms with Crippen molar-refractivity contribution in [2.75, 3.05) is 12.0 Å². The normalized spacial score (nSPS) is 9.80. The Morgan fingerprint density at radius 3 is 2.40 bits per heavy atom. The lowest BCUT2D eigenvalue weighted by atomic mass is 9.97. The average Bonchev–Trinajstić information content (AvgIpc) is 2.46. The van der Waals surface area contributed by atoms with Crippen LogP contribution in [0, 0.1) is 22.7 Å². The zero-order valence-electron chi connectivity index (χ0n) is 10.6. The van der Waals surface area contributed by atoms with Gasteiger partial charge in [-0.05, 0) is 12.3 Å². The van der Waals surface area contributed by atoms with Crippen LogP contribution in [0.4, 0.5) is 5.82 Å². The molecule has 0 saturated carbocycles. The summed E-state index contributed by atoms with van der Waals surface area (Å²) < 4.78 is 0. The van der Waals surface area contributed by atoms with Crippen molar-refractivity contribution in [3.05, 3.63) is 40.4 Å². The molecule has 1 aromatic heterocycles. The first-order valence-electron chi connectivity index (χ1n) is 5.61. The van der Waals surface area contributed by atoms with Crippen molar-refractivity contribution in [1.29, 1.82) is 10.5 Å². The monoisotopic (exact) mass is 301 g/mol. The molecule has 98 valence electrons. The van der Waals surface area contributed by atoms with Crippen LogP contribution in [0.25, 0.3) is 11.1 Å². The molecule has 20 heavy (non-hydrogen) atoms. The molecule has 4 nitrogen and oxygen atoms in total. The second kappa shape index (κ2) is 5.83. The lowest BCUT2D eigenvalue weighted by Crippen LogP contribution is -2.18. The van der Waals surface area contributed by atoms with E-state index in [1.165, 1.54) is 11.8 Å². The van der Waals surface area contributed by atoms with Crippen LogP contribution in [0.15, 0.2) is 29.3 Å². The number of halogens is 1. The van der Waals surface area contributed by atoms with Crippen LogP contribution in [0.5, 0.6) is 0 Å². The minimum atomic E-state index is 0.228. The number of aromatic nitrogens is 1. The Labute approximate surface area is 125 Å². The fraction of sp³-hybridized carbons (Fsp3) is 0.0714. The van der Waals surface area contributed by atoms with E-state index in [1.807, 2.05) is 12.3 Å². The third kappa shape index (κ3) is 2.30. The summed E-state index contributed by atoms with van der Waals surface area (Å²) in [7, 11) is 0. The maximum atomic E-state index is 9.42. The van der Waals surface area contributed by atoms with E-state index in [-0.39, 0.29) is 11.4 Å². The zero-order valence-corrected chi connectivity index (χ0v) is 12.1. The molecule has 0 bridgehead atoms. The number of hydrogen-bond donors (Lipinski definition) is 1. The molecule has 3 N–H and O–H groups in total. The van der Waals surface area contributed by atoms with E-state index in [4.69, 9.17) is 17.3 Å². The number of hydrogen-bond acceptors (Lipinski definition) is 4. The molecule has 1 aromatic carbocycles. The third-order valence-electron chi connectivity index (χ3n) is 2.82. The van der Waals surface area contributed by atoms with Crippen LogP contribution in [-0.2, 0) is 0 Å². The Balaban J connectivity index is 2.94. The number of H-pyrrole nitrogens is 1. The number of nitrogens with one attached hydrogen (secondary N) is 1. The molecule has 0 spiro atoms. The number of nitrogens with two attached hydrogens (primary N) is 1. The van der Waals surface area contributed by atoms with Gasteiger partial charge in [0, 0.05) is 16.1 Å². The predicted octanol–water partition coefficient (Wildman–Crippen LogP) is 2.87. The summed E-state index contributed by atoms with van der Waals surface area (Å²) >= 11 is 7.55. The molecule has 0 saturated heterocycles. The fourth-order valence-electron chi connectivity index (χ4n) is 1.93. The smallest absolute Gasteiger partial charge is 0.286 e. The molecule has 2 aromatic rings. The highest BCUT2D eigenvalue weighted by Crippen LogP contribution is 2.36. The van der Waals surface area contributed by atoms with E-state index in [9.17, 15) is 10.5 Å². The SMILES string of the molecule is CSc1[nH+]c(N)c(C#N)c(-c2ccccc2Cl)c1C#N. The van der Waals surface area contributed by atoms with Gasteiger partial charge < -0.3 is 0 Å². The number of pyridine rings is 1. The van der Waals surface area contributed by atoms with E-state index in [1.54, 1.807) is 24.3 Å². The van der Waals surface area contributed by atoms with Gasteiger partial charge in [-0.25, -0.2) is 4.98 Å². The van der Waals surface area contributed by atoms with Crippen LogP contribution < -0.4 is 10.7 Å². The molecular weight excluding hydrogens is 292 g/mol. The standard InChI is InChI=1S/C14H9ClN4S/c1-20-14-10(7-17)12(9(6-16)13(18)19-14)8-4-2-3-5-11(8)15/h2-5H,1H3,(H2,18,19)/p+1. The molecule has 0 aliphatic rings. The Morgan fingerprint density at radius 2 is 1.85 bits per heavy atom.